The fraction of sp³-hybridized carbons (Fsp3) is 0.300. The highest BCUT2D eigenvalue weighted by molar-refractivity contribution is 5.75. The molecule has 0 atom stereocenters. The lowest BCUT2D eigenvalue weighted by atomic mass is 10.1. The number of hydrogen-bond acceptors (Lipinski definition) is 2. The Bertz CT molecular complexity index is 297. The van der Waals surface area contributed by atoms with Crippen LogP contribution in [0.3, 0.4) is 0 Å². The molecule has 0 N–H and O–H groups in total. The Morgan fingerprint density at radius 1 is 1.54 bits per heavy atom. The summed E-state index contributed by atoms with van der Waals surface area (Å²) in [7, 11) is 1.60. The lowest BCUT2D eigenvalue weighted by Gasteiger charge is -2.01. The first-order valence-corrected chi connectivity index (χ1v) is 4.00. The number of carbonyl (C=O) groups excluding carboxylic acids is 1. The first-order chi connectivity index (χ1) is 6.27. The SMILES string of the molecule is COCCc1ccc(F)c(C=O)c1. The lowest BCUT2D eigenvalue weighted by Crippen LogP contribution is -1.96. The van der Waals surface area contributed by atoms with Crippen LogP contribution < -0.4 is 0 Å². The van der Waals surface area contributed by atoms with Crippen molar-refractivity contribution < 1.29 is 13.9 Å². The van der Waals surface area contributed by atoms with Crippen molar-refractivity contribution in [3.05, 3.63) is 35.1 Å². The molecule has 0 saturated carbocycles. The topological polar surface area (TPSA) is 26.3 Å². The van der Waals surface area contributed by atoms with Gasteiger partial charge in [0.05, 0.1) is 12.2 Å². The molecule has 0 spiro atoms. The molecule has 0 aromatic heterocycles. The maximum atomic E-state index is 12.8. The van der Waals surface area contributed by atoms with Crippen molar-refractivity contribution in [3.63, 3.8) is 0 Å². The van der Waals surface area contributed by atoms with Crippen LogP contribution >= 0.6 is 0 Å². The number of aldehydes is 1. The van der Waals surface area contributed by atoms with Crippen LogP contribution in [0.2, 0.25) is 0 Å². The molecule has 0 bridgehead atoms. The van der Waals surface area contributed by atoms with Gasteiger partial charge in [-0.1, -0.05) is 6.07 Å². The average Bonchev–Trinajstić information content (AvgIpc) is 2.16. The van der Waals surface area contributed by atoms with Crippen molar-refractivity contribution in [2.24, 2.45) is 0 Å². The summed E-state index contributed by atoms with van der Waals surface area (Å²) in [6.07, 6.45) is 1.21. The summed E-state index contributed by atoms with van der Waals surface area (Å²) in [5.41, 5.74) is 1.01. The minimum atomic E-state index is -0.476. The van der Waals surface area contributed by atoms with Crippen molar-refractivity contribution in [3.8, 4) is 0 Å². The third-order valence-electron chi connectivity index (χ3n) is 1.78. The van der Waals surface area contributed by atoms with Crippen molar-refractivity contribution >= 4 is 6.29 Å². The highest BCUT2D eigenvalue weighted by atomic mass is 19.1. The molecular formula is C10H11FO2. The fourth-order valence-electron chi connectivity index (χ4n) is 1.06. The van der Waals surface area contributed by atoms with Crippen LogP contribution in [-0.2, 0) is 11.2 Å². The smallest absolute Gasteiger partial charge is 0.153 e. The predicted octanol–water partition coefficient (Wildman–Crippen LogP) is 1.83. The van der Waals surface area contributed by atoms with Crippen LogP contribution in [0.5, 0.6) is 0 Å². The van der Waals surface area contributed by atoms with Crippen molar-refractivity contribution in [2.45, 2.75) is 6.42 Å². The zero-order valence-electron chi connectivity index (χ0n) is 7.42. The van der Waals surface area contributed by atoms with Crippen LogP contribution in [0, 0.1) is 5.82 Å². The molecule has 2 nitrogen and oxygen atoms in total. The first kappa shape index (κ1) is 9.86. The Labute approximate surface area is 76.3 Å². The van der Waals surface area contributed by atoms with Crippen LogP contribution in [0.15, 0.2) is 18.2 Å². The van der Waals surface area contributed by atoms with Gasteiger partial charge in [-0.3, -0.25) is 4.79 Å². The minimum absolute atomic E-state index is 0.105. The molecule has 0 unspecified atom stereocenters. The zero-order valence-corrected chi connectivity index (χ0v) is 7.42. The van der Waals surface area contributed by atoms with Gasteiger partial charge in [-0.05, 0) is 24.1 Å². The van der Waals surface area contributed by atoms with Gasteiger partial charge < -0.3 is 4.74 Å². The van der Waals surface area contributed by atoms with E-state index >= 15 is 0 Å². The molecule has 0 aliphatic heterocycles. The summed E-state index contributed by atoms with van der Waals surface area (Å²) in [6.45, 7) is 0.573. The quantitative estimate of drug-likeness (QED) is 0.664. The highest BCUT2D eigenvalue weighted by Gasteiger charge is 2.01. The van der Waals surface area contributed by atoms with Crippen molar-refractivity contribution in [1.82, 2.24) is 0 Å². The van der Waals surface area contributed by atoms with E-state index in [0.29, 0.717) is 19.3 Å². The number of carbonyl (C=O) groups is 1. The second-order valence-electron chi connectivity index (χ2n) is 2.72. The van der Waals surface area contributed by atoms with E-state index in [-0.39, 0.29) is 5.56 Å². The van der Waals surface area contributed by atoms with Gasteiger partial charge in [0.15, 0.2) is 6.29 Å². The number of ether oxygens (including phenoxy) is 1. The van der Waals surface area contributed by atoms with Crippen LogP contribution in [0.4, 0.5) is 4.39 Å². The van der Waals surface area contributed by atoms with Crippen LogP contribution in [-0.4, -0.2) is 20.0 Å². The minimum Gasteiger partial charge on any atom is -0.384 e. The van der Waals surface area contributed by atoms with Crippen molar-refractivity contribution in [2.75, 3.05) is 13.7 Å². The largest absolute Gasteiger partial charge is 0.384 e. The zero-order chi connectivity index (χ0) is 9.68. The second kappa shape index (κ2) is 4.72. The molecule has 0 aliphatic carbocycles. The van der Waals surface area contributed by atoms with E-state index in [2.05, 4.69) is 0 Å². The van der Waals surface area contributed by atoms with Gasteiger partial charge in [0, 0.05) is 7.11 Å². The van der Waals surface area contributed by atoms with E-state index in [1.54, 1.807) is 19.2 Å². The van der Waals surface area contributed by atoms with E-state index in [4.69, 9.17) is 4.74 Å². The van der Waals surface area contributed by atoms with Gasteiger partial charge in [0.1, 0.15) is 5.82 Å². The normalized spacial score (nSPS) is 10.0. The summed E-state index contributed by atoms with van der Waals surface area (Å²) >= 11 is 0. The van der Waals surface area contributed by atoms with Gasteiger partial charge >= 0.3 is 0 Å². The number of rotatable bonds is 4. The number of halogens is 1. The molecule has 0 saturated heterocycles. The Balaban J connectivity index is 2.80. The molecule has 70 valence electrons. The summed E-state index contributed by atoms with van der Waals surface area (Å²) in [5.74, 6) is -0.476. The maximum Gasteiger partial charge on any atom is 0.153 e. The van der Waals surface area contributed by atoms with Gasteiger partial charge in [-0.2, -0.15) is 0 Å². The summed E-state index contributed by atoms with van der Waals surface area (Å²) in [5, 5.41) is 0. The number of benzene rings is 1. The monoisotopic (exact) mass is 182 g/mol. The third-order valence-corrected chi connectivity index (χ3v) is 1.78. The fourth-order valence-corrected chi connectivity index (χ4v) is 1.06. The molecule has 1 aromatic rings. The van der Waals surface area contributed by atoms with E-state index in [9.17, 15) is 9.18 Å². The molecule has 1 aromatic carbocycles. The van der Waals surface area contributed by atoms with E-state index in [1.165, 1.54) is 6.07 Å². The molecule has 0 heterocycles. The van der Waals surface area contributed by atoms with Gasteiger partial charge in [-0.15, -0.1) is 0 Å². The van der Waals surface area contributed by atoms with E-state index in [1.807, 2.05) is 0 Å². The van der Waals surface area contributed by atoms with Gasteiger partial charge in [0.25, 0.3) is 0 Å². The molecular weight excluding hydrogens is 171 g/mol. The van der Waals surface area contributed by atoms with E-state index in [0.717, 1.165) is 5.56 Å². The number of hydrogen-bond donors (Lipinski definition) is 0. The van der Waals surface area contributed by atoms with Crippen LogP contribution in [0.25, 0.3) is 0 Å². The van der Waals surface area contributed by atoms with Crippen molar-refractivity contribution in [1.29, 1.82) is 0 Å². The Hall–Kier alpha value is -1.22. The standard InChI is InChI=1S/C10H11FO2/c1-13-5-4-8-2-3-10(11)9(6-8)7-12/h2-3,6-7H,4-5H2,1H3. The molecule has 0 amide bonds. The van der Waals surface area contributed by atoms with E-state index < -0.39 is 5.82 Å². The molecule has 0 fully saturated rings. The molecule has 13 heavy (non-hydrogen) atoms. The molecule has 0 aliphatic rings. The molecule has 1 rings (SSSR count). The summed E-state index contributed by atoms with van der Waals surface area (Å²) in [4.78, 5) is 10.4. The van der Waals surface area contributed by atoms with Gasteiger partial charge in [0.2, 0.25) is 0 Å². The Kier molecular flexibility index (Phi) is 3.58. The molecule has 3 heteroatoms. The summed E-state index contributed by atoms with van der Waals surface area (Å²) in [6, 6.07) is 4.50. The van der Waals surface area contributed by atoms with Gasteiger partial charge in [-0.25, -0.2) is 4.39 Å². The number of methoxy groups -OCH3 is 1. The Morgan fingerprint density at radius 2 is 2.31 bits per heavy atom. The molecule has 0 radical (unpaired) electrons. The summed E-state index contributed by atoms with van der Waals surface area (Å²) < 4.78 is 17.7. The predicted molar refractivity (Wildman–Crippen MR) is 47.4 cm³/mol. The average molecular weight is 182 g/mol. The highest BCUT2D eigenvalue weighted by Crippen LogP contribution is 2.09. The Morgan fingerprint density at radius 3 is 2.92 bits per heavy atom. The van der Waals surface area contributed by atoms with Crippen LogP contribution in [0.1, 0.15) is 15.9 Å². The second-order valence-corrected chi connectivity index (χ2v) is 2.72. The lowest BCUT2D eigenvalue weighted by molar-refractivity contribution is 0.111. The maximum absolute atomic E-state index is 12.8. The third kappa shape index (κ3) is 2.63. The first-order valence-electron chi connectivity index (χ1n) is 4.00.